The highest BCUT2D eigenvalue weighted by Crippen LogP contribution is 2.23. The second-order valence-electron chi connectivity index (χ2n) is 6.36. The third-order valence-electron chi connectivity index (χ3n) is 3.26. The molecule has 0 aromatic heterocycles. The number of aromatic hydroxyl groups is 1. The maximum absolute atomic E-state index is 11.7. The molecule has 6 nitrogen and oxygen atoms in total. The van der Waals surface area contributed by atoms with E-state index in [1.165, 1.54) is 0 Å². The summed E-state index contributed by atoms with van der Waals surface area (Å²) in [7, 11) is 1.56. The molecule has 3 N–H and O–H groups in total. The summed E-state index contributed by atoms with van der Waals surface area (Å²) in [6, 6.07) is 5.28. The molecular weight excluding hydrogens is 296 g/mol. The number of rotatable bonds is 7. The number of ether oxygens (including phenoxy) is 2. The number of phenols is 1. The van der Waals surface area contributed by atoms with Gasteiger partial charge in [0, 0.05) is 30.8 Å². The summed E-state index contributed by atoms with van der Waals surface area (Å²) in [5.74, 6) is 0.802. The molecule has 0 heterocycles. The Balaban J connectivity index is 2.46. The first-order chi connectivity index (χ1) is 10.7. The molecule has 0 aliphatic rings. The summed E-state index contributed by atoms with van der Waals surface area (Å²) in [6.45, 7) is 8.48. The molecule has 0 spiro atoms. The lowest BCUT2D eigenvalue weighted by atomic mass is 10.1. The van der Waals surface area contributed by atoms with Gasteiger partial charge in [0.15, 0.2) is 0 Å². The van der Waals surface area contributed by atoms with Crippen molar-refractivity contribution in [3.63, 3.8) is 0 Å². The number of carbonyl (C=O) groups is 1. The zero-order chi connectivity index (χ0) is 17.5. The Bertz CT molecular complexity index is 512. The van der Waals surface area contributed by atoms with Crippen molar-refractivity contribution in [2.45, 2.75) is 52.3 Å². The first kappa shape index (κ1) is 19.1. The molecule has 1 atom stereocenters. The van der Waals surface area contributed by atoms with Crippen molar-refractivity contribution in [3.8, 4) is 11.5 Å². The van der Waals surface area contributed by atoms with E-state index in [4.69, 9.17) is 9.47 Å². The van der Waals surface area contributed by atoms with Crippen molar-refractivity contribution in [2.24, 2.45) is 0 Å². The molecule has 0 saturated carbocycles. The van der Waals surface area contributed by atoms with Crippen LogP contribution in [0.5, 0.6) is 11.5 Å². The number of carbonyl (C=O) groups excluding carboxylic acids is 1. The second-order valence-corrected chi connectivity index (χ2v) is 6.36. The van der Waals surface area contributed by atoms with Crippen molar-refractivity contribution < 1.29 is 19.4 Å². The van der Waals surface area contributed by atoms with E-state index in [2.05, 4.69) is 10.6 Å². The van der Waals surface area contributed by atoms with Crippen LogP contribution >= 0.6 is 0 Å². The Morgan fingerprint density at radius 3 is 2.57 bits per heavy atom. The highest BCUT2D eigenvalue weighted by atomic mass is 16.6. The molecule has 0 aliphatic heterocycles. The van der Waals surface area contributed by atoms with E-state index in [0.717, 1.165) is 12.0 Å². The number of nitrogens with one attached hydrogen (secondary N) is 2. The van der Waals surface area contributed by atoms with E-state index in [1.54, 1.807) is 19.2 Å². The molecule has 6 heteroatoms. The maximum atomic E-state index is 11.7. The molecule has 130 valence electrons. The van der Waals surface area contributed by atoms with Gasteiger partial charge in [0.1, 0.15) is 17.1 Å². The fourth-order valence-electron chi connectivity index (χ4n) is 1.96. The normalized spacial score (nSPS) is 12.6. The van der Waals surface area contributed by atoms with E-state index in [-0.39, 0.29) is 11.8 Å². The minimum absolute atomic E-state index is 0.0871. The van der Waals surface area contributed by atoms with E-state index >= 15 is 0 Å². The van der Waals surface area contributed by atoms with Gasteiger partial charge in [0.05, 0.1) is 7.11 Å². The summed E-state index contributed by atoms with van der Waals surface area (Å²) in [5.41, 5.74) is 0.273. The molecule has 0 fully saturated rings. The SMILES string of the molecule is CCC(CNC(=O)OC(C)(C)C)NCc1ccc(OC)cc1O. The van der Waals surface area contributed by atoms with E-state index < -0.39 is 11.7 Å². The maximum Gasteiger partial charge on any atom is 0.407 e. The Morgan fingerprint density at radius 1 is 1.35 bits per heavy atom. The lowest BCUT2D eigenvalue weighted by Crippen LogP contribution is -2.42. The van der Waals surface area contributed by atoms with E-state index in [9.17, 15) is 9.90 Å². The van der Waals surface area contributed by atoms with Crippen LogP contribution in [0, 0.1) is 0 Å². The highest BCUT2D eigenvalue weighted by Gasteiger charge is 2.17. The van der Waals surface area contributed by atoms with Gasteiger partial charge in [-0.2, -0.15) is 0 Å². The van der Waals surface area contributed by atoms with Gasteiger partial charge in [0.2, 0.25) is 0 Å². The van der Waals surface area contributed by atoms with Crippen LogP contribution in [-0.2, 0) is 11.3 Å². The van der Waals surface area contributed by atoms with Crippen molar-refractivity contribution >= 4 is 6.09 Å². The number of phenolic OH excluding ortho intramolecular Hbond substituents is 1. The molecule has 1 amide bonds. The molecule has 1 aromatic rings. The third-order valence-corrected chi connectivity index (χ3v) is 3.26. The van der Waals surface area contributed by atoms with Crippen LogP contribution < -0.4 is 15.4 Å². The van der Waals surface area contributed by atoms with Gasteiger partial charge in [-0.05, 0) is 33.3 Å². The smallest absolute Gasteiger partial charge is 0.407 e. The Labute approximate surface area is 138 Å². The van der Waals surface area contributed by atoms with Crippen molar-refractivity contribution in [2.75, 3.05) is 13.7 Å². The second kappa shape index (κ2) is 8.62. The summed E-state index contributed by atoms with van der Waals surface area (Å²) < 4.78 is 10.3. The first-order valence-corrected chi connectivity index (χ1v) is 7.81. The number of hydrogen-bond donors (Lipinski definition) is 3. The predicted octanol–water partition coefficient (Wildman–Crippen LogP) is 2.79. The molecule has 1 unspecified atom stereocenters. The summed E-state index contributed by atoms with van der Waals surface area (Å²) in [6.07, 6.45) is 0.414. The summed E-state index contributed by atoms with van der Waals surface area (Å²) >= 11 is 0. The fraction of sp³-hybridized carbons (Fsp3) is 0.588. The Morgan fingerprint density at radius 2 is 2.04 bits per heavy atom. The van der Waals surface area contributed by atoms with Crippen LogP contribution in [0.15, 0.2) is 18.2 Å². The topological polar surface area (TPSA) is 79.8 Å². The zero-order valence-corrected chi connectivity index (χ0v) is 14.6. The van der Waals surface area contributed by atoms with Crippen LogP contribution in [0.1, 0.15) is 39.7 Å². The van der Waals surface area contributed by atoms with Crippen LogP contribution in [0.4, 0.5) is 4.79 Å². The summed E-state index contributed by atoms with van der Waals surface area (Å²) in [4.78, 5) is 11.7. The van der Waals surface area contributed by atoms with Crippen LogP contribution in [0.2, 0.25) is 0 Å². The molecule has 1 rings (SSSR count). The van der Waals surface area contributed by atoms with E-state index in [1.807, 2.05) is 33.8 Å². The first-order valence-electron chi connectivity index (χ1n) is 7.81. The van der Waals surface area contributed by atoms with Crippen LogP contribution in [-0.4, -0.2) is 36.5 Å². The van der Waals surface area contributed by atoms with Gasteiger partial charge in [-0.15, -0.1) is 0 Å². The van der Waals surface area contributed by atoms with Gasteiger partial charge < -0.3 is 25.2 Å². The Kier molecular flexibility index (Phi) is 7.16. The van der Waals surface area contributed by atoms with Crippen molar-refractivity contribution in [1.82, 2.24) is 10.6 Å². The van der Waals surface area contributed by atoms with Crippen molar-refractivity contribution in [3.05, 3.63) is 23.8 Å². The van der Waals surface area contributed by atoms with Gasteiger partial charge in [-0.3, -0.25) is 0 Å². The molecule has 1 aromatic carbocycles. The van der Waals surface area contributed by atoms with Crippen LogP contribution in [0.25, 0.3) is 0 Å². The highest BCUT2D eigenvalue weighted by molar-refractivity contribution is 5.67. The Hall–Kier alpha value is -1.95. The lowest BCUT2D eigenvalue weighted by Gasteiger charge is -2.22. The van der Waals surface area contributed by atoms with Gasteiger partial charge in [0.25, 0.3) is 0 Å². The van der Waals surface area contributed by atoms with Crippen LogP contribution in [0.3, 0.4) is 0 Å². The van der Waals surface area contributed by atoms with E-state index in [0.29, 0.717) is 18.8 Å². The van der Waals surface area contributed by atoms with Gasteiger partial charge in [-0.1, -0.05) is 13.0 Å². The fourth-order valence-corrected chi connectivity index (χ4v) is 1.96. The number of alkyl carbamates (subject to hydrolysis) is 1. The summed E-state index contributed by atoms with van der Waals surface area (Å²) in [5, 5.41) is 16.0. The molecule has 0 bridgehead atoms. The molecule has 23 heavy (non-hydrogen) atoms. The standard InChI is InChI=1S/C17H28N2O4/c1-6-13(11-19-16(21)23-17(2,3)4)18-10-12-7-8-14(22-5)9-15(12)20/h7-9,13,18,20H,6,10-11H2,1-5H3,(H,19,21). The molecular formula is C17H28N2O4. The minimum Gasteiger partial charge on any atom is -0.507 e. The molecule has 0 radical (unpaired) electrons. The number of hydrogen-bond acceptors (Lipinski definition) is 5. The third kappa shape index (κ3) is 7.23. The van der Waals surface area contributed by atoms with Gasteiger partial charge >= 0.3 is 6.09 Å². The lowest BCUT2D eigenvalue weighted by molar-refractivity contribution is 0.0522. The quantitative estimate of drug-likeness (QED) is 0.719. The van der Waals surface area contributed by atoms with Crippen molar-refractivity contribution in [1.29, 1.82) is 0 Å². The predicted molar refractivity (Wildman–Crippen MR) is 89.8 cm³/mol. The number of methoxy groups -OCH3 is 1. The average molecular weight is 324 g/mol. The molecule has 0 aliphatic carbocycles. The van der Waals surface area contributed by atoms with Gasteiger partial charge in [-0.25, -0.2) is 4.79 Å². The number of benzene rings is 1. The monoisotopic (exact) mass is 324 g/mol. The largest absolute Gasteiger partial charge is 0.507 e. The minimum atomic E-state index is -0.506. The number of amides is 1. The molecule has 0 saturated heterocycles. The average Bonchev–Trinajstić information content (AvgIpc) is 2.46. The zero-order valence-electron chi connectivity index (χ0n) is 14.6.